The fraction of sp³-hybridized carbons (Fsp3) is 0.250. The van der Waals surface area contributed by atoms with E-state index in [4.69, 9.17) is 0 Å². The Bertz CT molecular complexity index is 754. The van der Waals surface area contributed by atoms with Gasteiger partial charge < -0.3 is 4.90 Å². The molecule has 0 saturated heterocycles. The van der Waals surface area contributed by atoms with Crippen molar-refractivity contribution in [3.63, 3.8) is 0 Å². The molecule has 2 aromatic heterocycles. The molecule has 2 heterocycles. The van der Waals surface area contributed by atoms with Crippen molar-refractivity contribution in [3.8, 4) is 10.8 Å². The zero-order valence-electron chi connectivity index (χ0n) is 12.8. The average molecular weight is 327 g/mol. The van der Waals surface area contributed by atoms with Crippen molar-refractivity contribution < 1.29 is 4.79 Å². The van der Waals surface area contributed by atoms with Gasteiger partial charge in [-0.25, -0.2) is 9.97 Å². The van der Waals surface area contributed by atoms with Crippen LogP contribution in [0.4, 0.5) is 0 Å². The van der Waals surface area contributed by atoms with Crippen LogP contribution in [-0.2, 0) is 17.6 Å². The molecule has 3 rings (SSSR count). The van der Waals surface area contributed by atoms with Crippen LogP contribution >= 0.6 is 11.3 Å². The number of hydrogen-bond acceptors (Lipinski definition) is 5. The van der Waals surface area contributed by atoms with E-state index >= 15 is 0 Å². The zero-order chi connectivity index (χ0) is 16.1. The molecule has 0 aliphatic carbocycles. The summed E-state index contributed by atoms with van der Waals surface area (Å²) in [6.45, 7) is 0.696. The summed E-state index contributed by atoms with van der Waals surface area (Å²) < 4.78 is 0. The lowest BCUT2D eigenvalue weighted by atomic mass is 10.1. The van der Waals surface area contributed by atoms with E-state index < -0.39 is 0 Å². The highest BCUT2D eigenvalue weighted by Gasteiger charge is 2.13. The lowest BCUT2D eigenvalue weighted by Gasteiger charge is -2.16. The third-order valence-electron chi connectivity index (χ3n) is 3.51. The van der Waals surface area contributed by atoms with Gasteiger partial charge in [0.15, 0.2) is 10.8 Å². The van der Waals surface area contributed by atoms with Gasteiger partial charge in [0.05, 0.1) is 12.1 Å². The Hall–Kier alpha value is -2.54. The van der Waals surface area contributed by atoms with E-state index in [-0.39, 0.29) is 5.91 Å². The maximum atomic E-state index is 12.3. The van der Waals surface area contributed by atoms with Crippen LogP contribution < -0.4 is 0 Å². The molecule has 7 heteroatoms. The largest absolute Gasteiger partial charge is 0.345 e. The van der Waals surface area contributed by atoms with Gasteiger partial charge in [-0.3, -0.25) is 9.89 Å². The molecule has 1 N–H and O–H groups in total. The standard InChI is InChI=1S/C16H17N5OS/c1-21(8-7-12-5-3-2-4-6-12)14(22)9-13-10-23-16(19-13)15-17-11-18-20-15/h2-6,10-11H,7-9H2,1H3,(H,17,18,20). The van der Waals surface area contributed by atoms with Crippen molar-refractivity contribution in [2.45, 2.75) is 12.8 Å². The Morgan fingerprint density at radius 2 is 2.13 bits per heavy atom. The molecule has 0 radical (unpaired) electrons. The number of rotatable bonds is 6. The van der Waals surface area contributed by atoms with E-state index in [0.29, 0.717) is 18.8 Å². The Balaban J connectivity index is 1.54. The molecule has 0 bridgehead atoms. The molecule has 0 atom stereocenters. The van der Waals surface area contributed by atoms with Crippen LogP contribution in [0.25, 0.3) is 10.8 Å². The maximum Gasteiger partial charge on any atom is 0.228 e. The first-order valence-corrected chi connectivity index (χ1v) is 8.18. The van der Waals surface area contributed by atoms with Crippen LogP contribution in [0.1, 0.15) is 11.3 Å². The van der Waals surface area contributed by atoms with Gasteiger partial charge in [-0.1, -0.05) is 30.3 Å². The van der Waals surface area contributed by atoms with E-state index in [0.717, 1.165) is 17.1 Å². The smallest absolute Gasteiger partial charge is 0.228 e. The first kappa shape index (κ1) is 15.4. The second-order valence-electron chi connectivity index (χ2n) is 5.21. The van der Waals surface area contributed by atoms with Crippen molar-refractivity contribution >= 4 is 17.2 Å². The van der Waals surface area contributed by atoms with Crippen molar-refractivity contribution in [2.24, 2.45) is 0 Å². The van der Waals surface area contributed by atoms with Gasteiger partial charge in [0.25, 0.3) is 0 Å². The van der Waals surface area contributed by atoms with Crippen LogP contribution in [0, 0.1) is 0 Å². The molecule has 1 aromatic carbocycles. The average Bonchev–Trinajstić information content (AvgIpc) is 3.24. The highest BCUT2D eigenvalue weighted by atomic mass is 32.1. The number of thiazole rings is 1. The topological polar surface area (TPSA) is 74.8 Å². The summed E-state index contributed by atoms with van der Waals surface area (Å²) >= 11 is 1.46. The Morgan fingerprint density at radius 3 is 2.87 bits per heavy atom. The van der Waals surface area contributed by atoms with Gasteiger partial charge in [0.2, 0.25) is 5.91 Å². The van der Waals surface area contributed by atoms with E-state index in [1.807, 2.05) is 30.6 Å². The lowest BCUT2D eigenvalue weighted by Crippen LogP contribution is -2.30. The number of amides is 1. The number of carbonyl (C=O) groups is 1. The predicted octanol–water partition coefficient (Wildman–Crippen LogP) is 2.17. The fourth-order valence-electron chi connectivity index (χ4n) is 2.16. The molecular formula is C16H17N5OS. The summed E-state index contributed by atoms with van der Waals surface area (Å²) in [6, 6.07) is 10.2. The van der Waals surface area contributed by atoms with Crippen LogP contribution in [0.5, 0.6) is 0 Å². The molecule has 0 unspecified atom stereocenters. The minimum atomic E-state index is 0.0651. The normalized spacial score (nSPS) is 10.7. The third kappa shape index (κ3) is 4.01. The Labute approximate surface area is 138 Å². The molecule has 6 nitrogen and oxygen atoms in total. The number of aromatic nitrogens is 4. The number of nitrogens with one attached hydrogen (secondary N) is 1. The molecule has 118 valence electrons. The van der Waals surface area contributed by atoms with E-state index in [2.05, 4.69) is 32.3 Å². The molecule has 0 saturated carbocycles. The molecule has 1 amide bonds. The number of likely N-dealkylation sites (N-methyl/N-ethyl adjacent to an activating group) is 1. The highest BCUT2D eigenvalue weighted by Crippen LogP contribution is 2.19. The van der Waals surface area contributed by atoms with E-state index in [9.17, 15) is 4.79 Å². The minimum Gasteiger partial charge on any atom is -0.345 e. The van der Waals surface area contributed by atoms with E-state index in [1.165, 1.54) is 23.2 Å². The van der Waals surface area contributed by atoms with E-state index in [1.54, 1.807) is 4.90 Å². The summed E-state index contributed by atoms with van der Waals surface area (Å²) in [5.41, 5.74) is 1.99. The Kier molecular flexibility index (Phi) is 4.77. The number of carbonyl (C=O) groups excluding carboxylic acids is 1. The van der Waals surface area contributed by atoms with Gasteiger partial charge in [0.1, 0.15) is 6.33 Å². The number of nitrogens with zero attached hydrogens (tertiary/aromatic N) is 4. The second kappa shape index (κ2) is 7.15. The molecule has 0 spiro atoms. The molecule has 0 aliphatic heterocycles. The summed E-state index contributed by atoms with van der Waals surface area (Å²) in [7, 11) is 1.83. The maximum absolute atomic E-state index is 12.3. The molecule has 0 fully saturated rings. The fourth-order valence-corrected chi connectivity index (χ4v) is 2.93. The number of hydrogen-bond donors (Lipinski definition) is 1. The van der Waals surface area contributed by atoms with Crippen LogP contribution in [-0.4, -0.2) is 44.6 Å². The third-order valence-corrected chi connectivity index (χ3v) is 4.40. The molecule has 0 aliphatic rings. The quantitative estimate of drug-likeness (QED) is 0.753. The van der Waals surface area contributed by atoms with Gasteiger partial charge in [0, 0.05) is 19.0 Å². The highest BCUT2D eigenvalue weighted by molar-refractivity contribution is 7.13. The molecule has 23 heavy (non-hydrogen) atoms. The SMILES string of the molecule is CN(CCc1ccccc1)C(=O)Cc1csc(-c2ncn[nH]2)n1. The monoisotopic (exact) mass is 327 g/mol. The number of benzene rings is 1. The van der Waals surface area contributed by atoms with Crippen LogP contribution in [0.3, 0.4) is 0 Å². The van der Waals surface area contributed by atoms with Crippen molar-refractivity contribution in [2.75, 3.05) is 13.6 Å². The molecule has 3 aromatic rings. The first-order chi connectivity index (χ1) is 11.2. The van der Waals surface area contributed by atoms with Gasteiger partial charge in [-0.05, 0) is 12.0 Å². The van der Waals surface area contributed by atoms with Crippen molar-refractivity contribution in [1.29, 1.82) is 0 Å². The Morgan fingerprint density at radius 1 is 1.30 bits per heavy atom. The number of aromatic amines is 1. The molecular weight excluding hydrogens is 310 g/mol. The summed E-state index contributed by atoms with van der Waals surface area (Å²) in [5, 5.41) is 9.22. The summed E-state index contributed by atoms with van der Waals surface area (Å²) in [6.07, 6.45) is 2.60. The second-order valence-corrected chi connectivity index (χ2v) is 6.06. The van der Waals surface area contributed by atoms with Crippen molar-refractivity contribution in [3.05, 3.63) is 53.3 Å². The van der Waals surface area contributed by atoms with Crippen LogP contribution in [0.15, 0.2) is 42.0 Å². The van der Waals surface area contributed by atoms with Crippen LogP contribution in [0.2, 0.25) is 0 Å². The predicted molar refractivity (Wildman–Crippen MR) is 89.0 cm³/mol. The van der Waals surface area contributed by atoms with Gasteiger partial charge >= 0.3 is 0 Å². The number of H-pyrrole nitrogens is 1. The minimum absolute atomic E-state index is 0.0651. The van der Waals surface area contributed by atoms with Gasteiger partial charge in [-0.15, -0.1) is 11.3 Å². The lowest BCUT2D eigenvalue weighted by molar-refractivity contribution is -0.129. The zero-order valence-corrected chi connectivity index (χ0v) is 13.6. The van der Waals surface area contributed by atoms with Gasteiger partial charge in [-0.2, -0.15) is 5.10 Å². The summed E-state index contributed by atoms with van der Waals surface area (Å²) in [5.74, 6) is 0.696. The van der Waals surface area contributed by atoms with Crippen molar-refractivity contribution in [1.82, 2.24) is 25.1 Å². The summed E-state index contributed by atoms with van der Waals surface area (Å²) in [4.78, 5) is 22.5. The first-order valence-electron chi connectivity index (χ1n) is 7.30.